The Kier molecular flexibility index (Phi) is 4.28. The van der Waals surface area contributed by atoms with Gasteiger partial charge in [0, 0.05) is 28.2 Å². The highest BCUT2D eigenvalue weighted by Gasteiger charge is 2.27. The molecule has 1 aliphatic heterocycles. The van der Waals surface area contributed by atoms with Gasteiger partial charge >= 0.3 is 0 Å². The van der Waals surface area contributed by atoms with E-state index in [0.717, 1.165) is 16.0 Å². The van der Waals surface area contributed by atoms with Gasteiger partial charge in [-0.15, -0.1) is 11.3 Å². The zero-order valence-electron chi connectivity index (χ0n) is 14.7. The Bertz CT molecular complexity index is 1060. The number of nitrogens with zero attached hydrogens (tertiary/aromatic N) is 1. The van der Waals surface area contributed by atoms with Crippen molar-refractivity contribution in [3.8, 4) is 10.4 Å². The number of hydrogen-bond acceptors (Lipinski definition) is 4. The second-order valence-corrected chi connectivity index (χ2v) is 7.56. The summed E-state index contributed by atoms with van der Waals surface area (Å²) >= 11 is 1.39. The normalized spacial score (nSPS) is 12.9. The topological polar surface area (TPSA) is 63.4 Å². The lowest BCUT2D eigenvalue weighted by Crippen LogP contribution is -2.32. The minimum atomic E-state index is -0.407. The summed E-state index contributed by atoms with van der Waals surface area (Å²) in [5, 5.41) is 0. The van der Waals surface area contributed by atoms with Crippen molar-refractivity contribution in [1.29, 1.82) is 0 Å². The summed E-state index contributed by atoms with van der Waals surface area (Å²) in [5.74, 6) is -0.606. The molecule has 136 valence electrons. The summed E-state index contributed by atoms with van der Waals surface area (Å²) in [6, 6.07) is 13.0. The van der Waals surface area contributed by atoms with E-state index in [1.165, 1.54) is 30.4 Å². The van der Waals surface area contributed by atoms with Crippen LogP contribution in [0.2, 0.25) is 0 Å². The Hall–Kier alpha value is -2.99. The molecular formula is C21H17FN2O2S. The van der Waals surface area contributed by atoms with Gasteiger partial charge in [-0.2, -0.15) is 0 Å². The third-order valence-electron chi connectivity index (χ3n) is 4.66. The van der Waals surface area contributed by atoms with E-state index in [4.69, 9.17) is 5.73 Å². The number of anilines is 2. The SMILES string of the molecule is CC(=O)c1cc2c(s1)-c1ccc(F)cc1N(C(=O)c1ccc(N)cc1)CC2. The second kappa shape index (κ2) is 6.63. The molecule has 2 N–H and O–H groups in total. The van der Waals surface area contributed by atoms with Crippen LogP contribution < -0.4 is 10.6 Å². The maximum Gasteiger partial charge on any atom is 0.258 e. The van der Waals surface area contributed by atoms with E-state index in [1.54, 1.807) is 35.2 Å². The van der Waals surface area contributed by atoms with Crippen LogP contribution in [0.25, 0.3) is 10.4 Å². The average molecular weight is 380 g/mol. The molecule has 27 heavy (non-hydrogen) atoms. The first-order valence-corrected chi connectivity index (χ1v) is 9.36. The van der Waals surface area contributed by atoms with Crippen LogP contribution >= 0.6 is 11.3 Å². The number of nitrogens with two attached hydrogens (primary N) is 1. The molecule has 0 radical (unpaired) electrons. The molecule has 0 unspecified atom stereocenters. The molecule has 3 aromatic rings. The number of fused-ring (bicyclic) bond motifs is 3. The summed E-state index contributed by atoms with van der Waals surface area (Å²) in [5.41, 5.74) is 9.07. The molecule has 0 atom stereocenters. The number of carbonyl (C=O) groups is 2. The second-order valence-electron chi connectivity index (χ2n) is 6.51. The summed E-state index contributed by atoms with van der Waals surface area (Å²) in [4.78, 5) is 28.1. The number of benzene rings is 2. The Balaban J connectivity index is 1.83. The van der Waals surface area contributed by atoms with Gasteiger partial charge in [-0.3, -0.25) is 9.59 Å². The number of thiophene rings is 1. The number of ketones is 1. The van der Waals surface area contributed by atoms with E-state index in [2.05, 4.69) is 0 Å². The minimum Gasteiger partial charge on any atom is -0.399 e. The van der Waals surface area contributed by atoms with Crippen molar-refractivity contribution >= 4 is 34.4 Å². The lowest BCUT2D eigenvalue weighted by atomic mass is 10.1. The summed E-state index contributed by atoms with van der Waals surface area (Å²) in [7, 11) is 0. The van der Waals surface area contributed by atoms with Crippen LogP contribution in [-0.2, 0) is 6.42 Å². The van der Waals surface area contributed by atoms with Crippen molar-refractivity contribution in [2.75, 3.05) is 17.2 Å². The molecule has 4 rings (SSSR count). The molecule has 1 aliphatic rings. The van der Waals surface area contributed by atoms with Crippen LogP contribution in [0.5, 0.6) is 0 Å². The van der Waals surface area contributed by atoms with Crippen LogP contribution in [-0.4, -0.2) is 18.2 Å². The third-order valence-corrected chi connectivity index (χ3v) is 5.97. The highest BCUT2D eigenvalue weighted by atomic mass is 32.1. The van der Waals surface area contributed by atoms with Crippen molar-refractivity contribution in [3.05, 3.63) is 70.4 Å². The third kappa shape index (κ3) is 3.13. The van der Waals surface area contributed by atoms with Crippen molar-refractivity contribution in [1.82, 2.24) is 0 Å². The Morgan fingerprint density at radius 1 is 1.11 bits per heavy atom. The molecule has 0 aliphatic carbocycles. The van der Waals surface area contributed by atoms with Gasteiger partial charge in [-0.25, -0.2) is 4.39 Å². The zero-order valence-corrected chi connectivity index (χ0v) is 15.5. The number of halogens is 1. The molecule has 2 aromatic carbocycles. The lowest BCUT2D eigenvalue weighted by molar-refractivity contribution is 0.0985. The van der Waals surface area contributed by atoms with Crippen LogP contribution in [0, 0.1) is 5.82 Å². The van der Waals surface area contributed by atoms with E-state index in [1.807, 2.05) is 6.07 Å². The summed E-state index contributed by atoms with van der Waals surface area (Å²) in [6.45, 7) is 1.94. The molecule has 0 fully saturated rings. The fourth-order valence-electron chi connectivity index (χ4n) is 3.28. The van der Waals surface area contributed by atoms with Gasteiger partial charge in [0.25, 0.3) is 5.91 Å². The summed E-state index contributed by atoms with van der Waals surface area (Å²) < 4.78 is 14.0. The number of hydrogen-bond donors (Lipinski definition) is 1. The first-order chi connectivity index (χ1) is 12.9. The standard InChI is InChI=1S/C21H17FN2O2S/c1-12(25)19-10-14-8-9-24(21(26)13-2-5-16(23)6-3-13)18-11-15(22)4-7-17(18)20(14)27-19/h2-7,10-11H,8-9,23H2,1H3. The molecule has 1 aromatic heterocycles. The van der Waals surface area contributed by atoms with E-state index in [9.17, 15) is 14.0 Å². The maximum atomic E-state index is 14.0. The number of rotatable bonds is 2. The van der Waals surface area contributed by atoms with Gasteiger partial charge < -0.3 is 10.6 Å². The molecule has 2 heterocycles. The predicted octanol–water partition coefficient (Wildman–Crippen LogP) is 4.54. The fourth-order valence-corrected chi connectivity index (χ4v) is 4.42. The molecular weight excluding hydrogens is 363 g/mol. The number of carbonyl (C=O) groups excluding carboxylic acids is 2. The minimum absolute atomic E-state index is 0.00606. The van der Waals surface area contributed by atoms with Gasteiger partial charge in [-0.05, 0) is 67.4 Å². The Labute approximate surface area is 160 Å². The molecule has 6 heteroatoms. The van der Waals surface area contributed by atoms with Crippen molar-refractivity contribution in [2.24, 2.45) is 0 Å². The molecule has 0 spiro atoms. The van der Waals surface area contributed by atoms with E-state index < -0.39 is 5.82 Å². The van der Waals surface area contributed by atoms with Crippen molar-refractivity contribution in [3.63, 3.8) is 0 Å². The van der Waals surface area contributed by atoms with Crippen molar-refractivity contribution in [2.45, 2.75) is 13.3 Å². The quantitative estimate of drug-likeness (QED) is 0.524. The van der Waals surface area contributed by atoms with Gasteiger partial charge in [0.15, 0.2) is 5.78 Å². The van der Waals surface area contributed by atoms with Crippen LogP contribution in [0.1, 0.15) is 32.5 Å². The average Bonchev–Trinajstić information content (AvgIpc) is 3.01. The molecule has 4 nitrogen and oxygen atoms in total. The van der Waals surface area contributed by atoms with Gasteiger partial charge in [-0.1, -0.05) is 0 Å². The van der Waals surface area contributed by atoms with Crippen LogP contribution in [0.15, 0.2) is 48.5 Å². The Morgan fingerprint density at radius 3 is 2.56 bits per heavy atom. The van der Waals surface area contributed by atoms with Gasteiger partial charge in [0.1, 0.15) is 5.82 Å². The van der Waals surface area contributed by atoms with Crippen LogP contribution in [0.3, 0.4) is 0 Å². The highest BCUT2D eigenvalue weighted by Crippen LogP contribution is 2.42. The van der Waals surface area contributed by atoms with E-state index >= 15 is 0 Å². The number of Topliss-reactive ketones (excluding diaryl/α,β-unsaturated/α-hetero) is 1. The zero-order chi connectivity index (χ0) is 19.1. The molecule has 0 saturated carbocycles. The van der Waals surface area contributed by atoms with E-state index in [0.29, 0.717) is 34.8 Å². The van der Waals surface area contributed by atoms with Crippen molar-refractivity contribution < 1.29 is 14.0 Å². The molecule has 0 saturated heterocycles. The fraction of sp³-hybridized carbons (Fsp3) is 0.143. The van der Waals surface area contributed by atoms with Gasteiger partial charge in [0.2, 0.25) is 0 Å². The lowest BCUT2D eigenvalue weighted by Gasteiger charge is -2.23. The maximum absolute atomic E-state index is 14.0. The number of amides is 1. The highest BCUT2D eigenvalue weighted by molar-refractivity contribution is 7.17. The monoisotopic (exact) mass is 380 g/mol. The van der Waals surface area contributed by atoms with Gasteiger partial charge in [0.05, 0.1) is 10.6 Å². The Morgan fingerprint density at radius 2 is 1.85 bits per heavy atom. The number of nitrogen functional groups attached to an aromatic ring is 1. The van der Waals surface area contributed by atoms with E-state index in [-0.39, 0.29) is 11.7 Å². The molecule has 1 amide bonds. The first-order valence-electron chi connectivity index (χ1n) is 8.55. The van der Waals surface area contributed by atoms with Crippen LogP contribution in [0.4, 0.5) is 15.8 Å². The largest absolute Gasteiger partial charge is 0.399 e. The predicted molar refractivity (Wildman–Crippen MR) is 106 cm³/mol. The smallest absolute Gasteiger partial charge is 0.258 e. The molecule has 0 bridgehead atoms. The first kappa shape index (κ1) is 17.4. The summed E-state index contributed by atoms with van der Waals surface area (Å²) in [6.07, 6.45) is 0.593.